The van der Waals surface area contributed by atoms with Gasteiger partial charge in [0.15, 0.2) is 0 Å². The van der Waals surface area contributed by atoms with Crippen LogP contribution in [-0.2, 0) is 0 Å². The molecule has 0 fully saturated rings. The SMILES string of the molecule is C=Cc1cc2ncncc2cc1Cl.CC. The number of benzene rings is 1. The second-order valence-electron chi connectivity index (χ2n) is 2.66. The van der Waals surface area contributed by atoms with E-state index >= 15 is 0 Å². The molecule has 2 rings (SSSR count). The lowest BCUT2D eigenvalue weighted by Crippen LogP contribution is -1.83. The molecule has 0 radical (unpaired) electrons. The highest BCUT2D eigenvalue weighted by molar-refractivity contribution is 6.32. The molecule has 0 amide bonds. The first kappa shape index (κ1) is 11.7. The first-order valence-corrected chi connectivity index (χ1v) is 5.21. The van der Waals surface area contributed by atoms with Gasteiger partial charge in [-0.2, -0.15) is 0 Å². The molecule has 0 saturated heterocycles. The predicted octanol–water partition coefficient (Wildman–Crippen LogP) is 3.95. The van der Waals surface area contributed by atoms with Gasteiger partial charge >= 0.3 is 0 Å². The fraction of sp³-hybridized carbons (Fsp3) is 0.167. The van der Waals surface area contributed by atoms with Crippen LogP contribution in [0.3, 0.4) is 0 Å². The molecule has 78 valence electrons. The molecule has 0 N–H and O–H groups in total. The van der Waals surface area contributed by atoms with E-state index < -0.39 is 0 Å². The average molecular weight is 221 g/mol. The van der Waals surface area contributed by atoms with Crippen LogP contribution >= 0.6 is 11.6 Å². The Morgan fingerprint density at radius 1 is 1.33 bits per heavy atom. The van der Waals surface area contributed by atoms with Gasteiger partial charge in [0.2, 0.25) is 0 Å². The molecule has 0 aliphatic rings. The van der Waals surface area contributed by atoms with E-state index in [2.05, 4.69) is 16.5 Å². The molecule has 0 aliphatic heterocycles. The highest BCUT2D eigenvalue weighted by Crippen LogP contribution is 2.22. The first-order valence-electron chi connectivity index (χ1n) is 4.83. The molecule has 0 aliphatic carbocycles. The van der Waals surface area contributed by atoms with E-state index in [-0.39, 0.29) is 0 Å². The van der Waals surface area contributed by atoms with Gasteiger partial charge in [-0.3, -0.25) is 0 Å². The van der Waals surface area contributed by atoms with Gasteiger partial charge in [0.05, 0.1) is 5.52 Å². The average Bonchev–Trinajstić information content (AvgIpc) is 2.31. The van der Waals surface area contributed by atoms with Crippen molar-refractivity contribution >= 4 is 28.6 Å². The van der Waals surface area contributed by atoms with Gasteiger partial charge in [-0.25, -0.2) is 9.97 Å². The summed E-state index contributed by atoms with van der Waals surface area (Å²) in [6, 6.07) is 3.74. The molecular weight excluding hydrogens is 208 g/mol. The zero-order chi connectivity index (χ0) is 11.3. The molecule has 1 aromatic heterocycles. The fourth-order valence-electron chi connectivity index (χ4n) is 1.17. The highest BCUT2D eigenvalue weighted by atomic mass is 35.5. The smallest absolute Gasteiger partial charge is 0.116 e. The number of fused-ring (bicyclic) bond motifs is 1. The minimum Gasteiger partial charge on any atom is -0.244 e. The van der Waals surface area contributed by atoms with Crippen LogP contribution in [0.2, 0.25) is 5.02 Å². The van der Waals surface area contributed by atoms with E-state index in [0.717, 1.165) is 16.5 Å². The Labute approximate surface area is 94.6 Å². The van der Waals surface area contributed by atoms with Crippen LogP contribution in [0, 0.1) is 0 Å². The summed E-state index contributed by atoms with van der Waals surface area (Å²) >= 11 is 5.98. The van der Waals surface area contributed by atoms with Crippen LogP contribution in [0.15, 0.2) is 31.2 Å². The quantitative estimate of drug-likeness (QED) is 0.727. The van der Waals surface area contributed by atoms with Crippen molar-refractivity contribution in [3.63, 3.8) is 0 Å². The maximum Gasteiger partial charge on any atom is 0.116 e. The van der Waals surface area contributed by atoms with Crippen molar-refractivity contribution in [2.24, 2.45) is 0 Å². The fourth-order valence-corrected chi connectivity index (χ4v) is 1.42. The van der Waals surface area contributed by atoms with Crippen molar-refractivity contribution in [2.45, 2.75) is 13.8 Å². The van der Waals surface area contributed by atoms with E-state index in [1.165, 1.54) is 6.33 Å². The molecule has 2 nitrogen and oxygen atoms in total. The van der Waals surface area contributed by atoms with Crippen LogP contribution in [0.1, 0.15) is 19.4 Å². The second kappa shape index (κ2) is 5.47. The van der Waals surface area contributed by atoms with E-state index in [1.54, 1.807) is 12.3 Å². The third-order valence-electron chi connectivity index (χ3n) is 1.84. The molecule has 0 spiro atoms. The maximum atomic E-state index is 5.98. The Bertz CT molecular complexity index is 466. The standard InChI is InChI=1S/C10H7ClN2.C2H6/c1-2-7-4-10-8(3-9(7)11)5-12-6-13-10;1-2/h2-6H,1H2;1-2H3. The minimum absolute atomic E-state index is 0.678. The molecule has 0 atom stereocenters. The Balaban J connectivity index is 0.000000531. The molecule has 0 unspecified atom stereocenters. The lowest BCUT2D eigenvalue weighted by molar-refractivity contribution is 1.22. The van der Waals surface area contributed by atoms with Gasteiger partial charge in [0, 0.05) is 16.6 Å². The Morgan fingerprint density at radius 2 is 2.07 bits per heavy atom. The summed E-state index contributed by atoms with van der Waals surface area (Å²) in [6.45, 7) is 7.67. The van der Waals surface area contributed by atoms with E-state index in [0.29, 0.717) is 5.02 Å². The molecule has 15 heavy (non-hydrogen) atoms. The summed E-state index contributed by atoms with van der Waals surface area (Å²) < 4.78 is 0. The maximum absolute atomic E-state index is 5.98. The van der Waals surface area contributed by atoms with Crippen LogP contribution in [0.5, 0.6) is 0 Å². The van der Waals surface area contributed by atoms with Crippen molar-refractivity contribution in [3.8, 4) is 0 Å². The summed E-state index contributed by atoms with van der Waals surface area (Å²) in [5.41, 5.74) is 1.78. The van der Waals surface area contributed by atoms with Crippen LogP contribution in [0.25, 0.3) is 17.0 Å². The summed E-state index contributed by atoms with van der Waals surface area (Å²) in [4.78, 5) is 8.03. The molecule has 3 heteroatoms. The van der Waals surface area contributed by atoms with Crippen molar-refractivity contribution < 1.29 is 0 Å². The second-order valence-corrected chi connectivity index (χ2v) is 3.07. The molecule has 0 saturated carbocycles. The number of rotatable bonds is 1. The number of hydrogen-bond acceptors (Lipinski definition) is 2. The number of halogens is 1. The first-order chi connectivity index (χ1) is 7.31. The molecule has 1 heterocycles. The van der Waals surface area contributed by atoms with Gasteiger partial charge in [-0.05, 0) is 17.7 Å². The summed E-state index contributed by atoms with van der Waals surface area (Å²) in [6.07, 6.45) is 4.97. The summed E-state index contributed by atoms with van der Waals surface area (Å²) in [5.74, 6) is 0. The largest absolute Gasteiger partial charge is 0.244 e. The minimum atomic E-state index is 0.678. The lowest BCUT2D eigenvalue weighted by Gasteiger charge is -2.00. The Morgan fingerprint density at radius 3 is 2.73 bits per heavy atom. The third kappa shape index (κ3) is 2.54. The van der Waals surface area contributed by atoms with Crippen LogP contribution < -0.4 is 0 Å². The Hall–Kier alpha value is -1.41. The van der Waals surface area contributed by atoms with E-state index in [9.17, 15) is 0 Å². The van der Waals surface area contributed by atoms with Gasteiger partial charge in [0.25, 0.3) is 0 Å². The number of aromatic nitrogens is 2. The number of nitrogens with zero attached hydrogens (tertiary/aromatic N) is 2. The molecular formula is C12H13ClN2. The van der Waals surface area contributed by atoms with Crippen molar-refractivity contribution in [3.05, 3.63) is 41.8 Å². The van der Waals surface area contributed by atoms with Gasteiger partial charge in [-0.15, -0.1) is 0 Å². The van der Waals surface area contributed by atoms with Crippen molar-refractivity contribution in [1.82, 2.24) is 9.97 Å². The van der Waals surface area contributed by atoms with E-state index in [4.69, 9.17) is 11.6 Å². The summed E-state index contributed by atoms with van der Waals surface area (Å²) in [5, 5.41) is 1.62. The normalized spacial score (nSPS) is 9.27. The highest BCUT2D eigenvalue weighted by Gasteiger charge is 2.00. The lowest BCUT2D eigenvalue weighted by atomic mass is 10.1. The summed E-state index contributed by atoms with van der Waals surface area (Å²) in [7, 11) is 0. The molecule has 0 bridgehead atoms. The topological polar surface area (TPSA) is 25.8 Å². The van der Waals surface area contributed by atoms with Crippen LogP contribution in [-0.4, -0.2) is 9.97 Å². The van der Waals surface area contributed by atoms with Crippen molar-refractivity contribution in [2.75, 3.05) is 0 Å². The van der Waals surface area contributed by atoms with Gasteiger partial charge < -0.3 is 0 Å². The third-order valence-corrected chi connectivity index (χ3v) is 2.17. The van der Waals surface area contributed by atoms with Crippen LogP contribution in [0.4, 0.5) is 0 Å². The zero-order valence-electron chi connectivity index (χ0n) is 8.87. The predicted molar refractivity (Wildman–Crippen MR) is 66.0 cm³/mol. The van der Waals surface area contributed by atoms with E-state index in [1.807, 2.05) is 26.0 Å². The van der Waals surface area contributed by atoms with Gasteiger partial charge in [0.1, 0.15) is 6.33 Å². The zero-order valence-corrected chi connectivity index (χ0v) is 9.62. The number of hydrogen-bond donors (Lipinski definition) is 0. The monoisotopic (exact) mass is 220 g/mol. The van der Waals surface area contributed by atoms with Gasteiger partial charge in [-0.1, -0.05) is 38.1 Å². The Kier molecular flexibility index (Phi) is 4.25. The molecule has 1 aromatic carbocycles. The molecule has 2 aromatic rings. The van der Waals surface area contributed by atoms with Crippen molar-refractivity contribution in [1.29, 1.82) is 0 Å².